The average molecular weight is 114 g/mol. The maximum Gasteiger partial charge on any atom is 0.246 e. The van der Waals surface area contributed by atoms with Crippen molar-refractivity contribution < 1.29 is 5.11 Å². The zero-order valence-electron chi connectivity index (χ0n) is 5.86. The molecule has 2 nitrogen and oxygen atoms in total. The highest BCUT2D eigenvalue weighted by Gasteiger charge is 2.18. The van der Waals surface area contributed by atoms with Crippen LogP contribution in [0, 0.1) is 5.41 Å². The molecule has 2 heteroatoms. The van der Waals surface area contributed by atoms with Crippen molar-refractivity contribution >= 4 is 5.90 Å². The van der Waals surface area contributed by atoms with E-state index in [1.54, 1.807) is 0 Å². The molecule has 0 aromatic heterocycles. The van der Waals surface area contributed by atoms with Gasteiger partial charge in [0.2, 0.25) is 5.90 Å². The van der Waals surface area contributed by atoms with Gasteiger partial charge in [-0.05, 0) is 0 Å². The summed E-state index contributed by atoms with van der Waals surface area (Å²) in [6.45, 7) is 5.55. The normalized spacial score (nSPS) is 14.2. The third-order valence-corrected chi connectivity index (χ3v) is 0.845. The van der Waals surface area contributed by atoms with Crippen molar-refractivity contribution in [3.63, 3.8) is 0 Å². The van der Waals surface area contributed by atoms with Crippen LogP contribution >= 0.6 is 0 Å². The lowest BCUT2D eigenvalue weighted by Gasteiger charge is -2.11. The molecule has 8 heavy (non-hydrogen) atoms. The first kappa shape index (κ1) is 7.47. The van der Waals surface area contributed by atoms with Gasteiger partial charge in [-0.2, -0.15) is 0 Å². The summed E-state index contributed by atoms with van der Waals surface area (Å²) in [6, 6.07) is 0. The van der Waals surface area contributed by atoms with Crippen LogP contribution in [-0.2, 0) is 5.11 Å². The van der Waals surface area contributed by atoms with Crippen LogP contribution in [0.3, 0.4) is 0 Å². The van der Waals surface area contributed by atoms with Crippen molar-refractivity contribution in [3.05, 3.63) is 0 Å². The Kier molecular flexibility index (Phi) is 2.02. The Hall–Kier alpha value is -0.530. The Labute approximate surface area is 50.3 Å². The van der Waals surface area contributed by atoms with Crippen molar-refractivity contribution in [1.29, 1.82) is 0 Å². The first-order valence-corrected chi connectivity index (χ1v) is 2.62. The maximum absolute atomic E-state index is 10.7. The summed E-state index contributed by atoms with van der Waals surface area (Å²) >= 11 is 0. The molecule has 47 valence electrons. The highest BCUT2D eigenvalue weighted by atomic mass is 16.3. The van der Waals surface area contributed by atoms with Gasteiger partial charge in [-0.1, -0.05) is 20.8 Å². The summed E-state index contributed by atoms with van der Waals surface area (Å²) in [4.78, 5) is 3.52. The summed E-state index contributed by atoms with van der Waals surface area (Å²) < 4.78 is 0. The van der Waals surface area contributed by atoms with Crippen LogP contribution in [0.4, 0.5) is 0 Å². The van der Waals surface area contributed by atoms with E-state index < -0.39 is 0 Å². The molecule has 0 aliphatic carbocycles. The maximum atomic E-state index is 10.7. The topological polar surface area (TPSA) is 32.3 Å². The fourth-order valence-corrected chi connectivity index (χ4v) is 0.335. The monoisotopic (exact) mass is 114 g/mol. The average Bonchev–Trinajstić information content (AvgIpc) is 1.62. The predicted molar refractivity (Wildman–Crippen MR) is 33.5 cm³/mol. The lowest BCUT2D eigenvalue weighted by atomic mass is 9.97. The summed E-state index contributed by atoms with van der Waals surface area (Å²) in [5.41, 5.74) is -0.297. The molecule has 0 atom stereocenters. The van der Waals surface area contributed by atoms with Gasteiger partial charge in [0.1, 0.15) is 0 Å². The van der Waals surface area contributed by atoms with E-state index in [-0.39, 0.29) is 11.3 Å². The molecule has 0 N–H and O–H groups in total. The minimum atomic E-state index is -0.297. The van der Waals surface area contributed by atoms with E-state index in [1.165, 1.54) is 7.05 Å². The molecule has 0 aliphatic rings. The minimum Gasteiger partial charge on any atom is -0.272 e. The van der Waals surface area contributed by atoms with Gasteiger partial charge < -0.3 is 0 Å². The van der Waals surface area contributed by atoms with E-state index in [9.17, 15) is 5.11 Å². The molecule has 1 radical (unpaired) electrons. The molecule has 0 saturated carbocycles. The molecule has 0 aliphatic heterocycles. The van der Waals surface area contributed by atoms with E-state index in [1.807, 2.05) is 20.8 Å². The second-order valence-corrected chi connectivity index (χ2v) is 2.78. The molecule has 0 amide bonds. The minimum absolute atomic E-state index is 0.0440. The van der Waals surface area contributed by atoms with E-state index in [0.717, 1.165) is 0 Å². The van der Waals surface area contributed by atoms with E-state index in [0.29, 0.717) is 0 Å². The SMILES string of the molecule is CN=C([O])C(C)(C)C. The predicted octanol–water partition coefficient (Wildman–Crippen LogP) is 1.49. The summed E-state index contributed by atoms with van der Waals surface area (Å²) in [6.07, 6.45) is 0. The van der Waals surface area contributed by atoms with Crippen LogP contribution in [0.5, 0.6) is 0 Å². The first-order chi connectivity index (χ1) is 3.48. The number of hydrogen-bond acceptors (Lipinski definition) is 1. The van der Waals surface area contributed by atoms with E-state index in [4.69, 9.17) is 0 Å². The number of nitrogens with zero attached hydrogens (tertiary/aromatic N) is 1. The molecule has 0 fully saturated rings. The second kappa shape index (κ2) is 2.16. The Bertz CT molecular complexity index is 99.6. The Morgan fingerprint density at radius 1 is 1.38 bits per heavy atom. The van der Waals surface area contributed by atoms with E-state index >= 15 is 0 Å². The van der Waals surface area contributed by atoms with Crippen LogP contribution in [0.2, 0.25) is 0 Å². The largest absolute Gasteiger partial charge is 0.272 e. The van der Waals surface area contributed by atoms with Gasteiger partial charge in [0.25, 0.3) is 0 Å². The van der Waals surface area contributed by atoms with Gasteiger partial charge in [-0.15, -0.1) is 0 Å². The zero-order valence-corrected chi connectivity index (χ0v) is 5.86. The Morgan fingerprint density at radius 3 is 1.75 bits per heavy atom. The first-order valence-electron chi connectivity index (χ1n) is 2.62. The molecular weight excluding hydrogens is 102 g/mol. The van der Waals surface area contributed by atoms with Crippen LogP contribution in [0.25, 0.3) is 0 Å². The van der Waals surface area contributed by atoms with E-state index in [2.05, 4.69) is 4.99 Å². The van der Waals surface area contributed by atoms with Gasteiger partial charge in [0.05, 0.1) is 0 Å². The lowest BCUT2D eigenvalue weighted by molar-refractivity contribution is 0.345. The standard InChI is InChI=1S/C6H12NO/c1-6(2,3)5(8)7-4/h1-4H3. The zero-order chi connectivity index (χ0) is 6.78. The van der Waals surface area contributed by atoms with Crippen LogP contribution < -0.4 is 0 Å². The fraction of sp³-hybridized carbons (Fsp3) is 0.833. The molecule has 0 unspecified atom stereocenters. The number of rotatable bonds is 0. The van der Waals surface area contributed by atoms with Crippen LogP contribution in [0.1, 0.15) is 20.8 Å². The molecule has 0 rings (SSSR count). The van der Waals surface area contributed by atoms with Crippen LogP contribution in [-0.4, -0.2) is 12.9 Å². The van der Waals surface area contributed by atoms with Gasteiger partial charge in [-0.25, -0.2) is 0 Å². The molecular formula is C6H12NO. The summed E-state index contributed by atoms with van der Waals surface area (Å²) in [7, 11) is 1.52. The van der Waals surface area contributed by atoms with Crippen molar-refractivity contribution in [1.82, 2.24) is 0 Å². The highest BCUT2D eigenvalue weighted by Crippen LogP contribution is 2.13. The van der Waals surface area contributed by atoms with Crippen molar-refractivity contribution in [3.8, 4) is 0 Å². The lowest BCUT2D eigenvalue weighted by Crippen LogP contribution is -2.17. The van der Waals surface area contributed by atoms with Crippen molar-refractivity contribution in [2.24, 2.45) is 10.4 Å². The summed E-state index contributed by atoms with van der Waals surface area (Å²) in [5, 5.41) is 10.7. The number of hydrogen-bond donors (Lipinski definition) is 0. The Morgan fingerprint density at radius 2 is 1.75 bits per heavy atom. The second-order valence-electron chi connectivity index (χ2n) is 2.78. The van der Waals surface area contributed by atoms with Gasteiger partial charge in [0, 0.05) is 12.5 Å². The third kappa shape index (κ3) is 1.96. The highest BCUT2D eigenvalue weighted by molar-refractivity contribution is 5.78. The van der Waals surface area contributed by atoms with Crippen LogP contribution in [0.15, 0.2) is 4.99 Å². The smallest absolute Gasteiger partial charge is 0.246 e. The van der Waals surface area contributed by atoms with Gasteiger partial charge >= 0.3 is 0 Å². The fourth-order valence-electron chi connectivity index (χ4n) is 0.335. The molecule has 0 spiro atoms. The summed E-state index contributed by atoms with van der Waals surface area (Å²) in [5.74, 6) is -0.0440. The molecule has 0 aromatic rings. The number of aliphatic imine (C=N–C) groups is 1. The molecule has 0 aromatic carbocycles. The molecule has 0 saturated heterocycles. The third-order valence-electron chi connectivity index (χ3n) is 0.845. The quantitative estimate of drug-likeness (QED) is 0.337. The van der Waals surface area contributed by atoms with Gasteiger partial charge in [-0.3, -0.25) is 10.1 Å². The van der Waals surface area contributed by atoms with Gasteiger partial charge in [0.15, 0.2) is 0 Å². The van der Waals surface area contributed by atoms with Crippen molar-refractivity contribution in [2.75, 3.05) is 7.05 Å². The van der Waals surface area contributed by atoms with Crippen molar-refractivity contribution in [2.45, 2.75) is 20.8 Å². The molecule has 0 heterocycles. The Balaban J connectivity index is 4.03. The molecule has 0 bridgehead atoms.